The molecule has 106 valence electrons. The Morgan fingerprint density at radius 3 is 2.25 bits per heavy atom. The molecule has 0 unspecified atom stereocenters. The summed E-state index contributed by atoms with van der Waals surface area (Å²) >= 11 is 0. The number of rotatable bonds is 3. The molecule has 1 aromatic carbocycles. The molecule has 1 amide bonds. The zero-order chi connectivity index (χ0) is 14.9. The Hall–Kier alpha value is -2.37. The van der Waals surface area contributed by atoms with Crippen LogP contribution >= 0.6 is 0 Å². The third-order valence-corrected chi connectivity index (χ3v) is 3.02. The topological polar surface area (TPSA) is 73.1 Å². The van der Waals surface area contributed by atoms with Crippen LogP contribution in [0.2, 0.25) is 0 Å². The third-order valence-electron chi connectivity index (χ3n) is 3.02. The van der Waals surface area contributed by atoms with Gasteiger partial charge in [-0.15, -0.1) is 0 Å². The van der Waals surface area contributed by atoms with Crippen LogP contribution in [-0.2, 0) is 18.4 Å². The van der Waals surface area contributed by atoms with Crippen molar-refractivity contribution < 1.29 is 4.79 Å². The largest absolute Gasteiger partial charge is 0.352 e. The number of nitrogens with one attached hydrogen (secondary N) is 1. The van der Waals surface area contributed by atoms with Crippen molar-refractivity contribution in [3.8, 4) is 0 Å². The van der Waals surface area contributed by atoms with Crippen LogP contribution in [0.5, 0.6) is 0 Å². The van der Waals surface area contributed by atoms with Gasteiger partial charge in [-0.25, -0.2) is 9.36 Å². The maximum absolute atomic E-state index is 12.3. The first-order valence-electron chi connectivity index (χ1n) is 6.40. The molecule has 0 atom stereocenters. The normalized spacial score (nSPS) is 11.0. The zero-order valence-corrected chi connectivity index (χ0v) is 11.7. The molecule has 0 bridgehead atoms. The fourth-order valence-corrected chi connectivity index (χ4v) is 2.10. The summed E-state index contributed by atoms with van der Waals surface area (Å²) in [6, 6.07) is 6.59. The molecule has 0 aliphatic rings. The molecule has 20 heavy (non-hydrogen) atoms. The number of carbonyl (C=O) groups excluding carboxylic acids is 1. The van der Waals surface area contributed by atoms with E-state index in [9.17, 15) is 14.4 Å². The number of carbonyl (C=O) groups is 1. The summed E-state index contributed by atoms with van der Waals surface area (Å²) in [4.78, 5) is 36.3. The summed E-state index contributed by atoms with van der Waals surface area (Å²) in [6.45, 7) is 3.49. The smallest absolute Gasteiger partial charge is 0.273 e. The van der Waals surface area contributed by atoms with Crippen molar-refractivity contribution in [1.29, 1.82) is 0 Å². The number of fused-ring (bicyclic) bond motifs is 1. The van der Waals surface area contributed by atoms with Gasteiger partial charge in [-0.1, -0.05) is 12.1 Å². The van der Waals surface area contributed by atoms with Gasteiger partial charge >= 0.3 is 0 Å². The average molecular weight is 275 g/mol. The molecule has 1 heterocycles. The van der Waals surface area contributed by atoms with Gasteiger partial charge in [0.2, 0.25) is 5.91 Å². The highest BCUT2D eigenvalue weighted by molar-refractivity contribution is 5.81. The Morgan fingerprint density at radius 1 is 1.15 bits per heavy atom. The quantitative estimate of drug-likeness (QED) is 0.871. The van der Waals surface area contributed by atoms with E-state index in [1.165, 1.54) is 11.7 Å². The monoisotopic (exact) mass is 275 g/mol. The van der Waals surface area contributed by atoms with Crippen molar-refractivity contribution in [1.82, 2.24) is 14.7 Å². The first-order chi connectivity index (χ1) is 9.41. The van der Waals surface area contributed by atoms with Gasteiger partial charge in [0.15, 0.2) is 0 Å². The summed E-state index contributed by atoms with van der Waals surface area (Å²) < 4.78 is 2.34. The second kappa shape index (κ2) is 5.32. The first-order valence-corrected chi connectivity index (χ1v) is 6.40. The predicted molar refractivity (Wildman–Crippen MR) is 76.7 cm³/mol. The van der Waals surface area contributed by atoms with Crippen molar-refractivity contribution in [2.24, 2.45) is 7.05 Å². The highest BCUT2D eigenvalue weighted by atomic mass is 16.2. The van der Waals surface area contributed by atoms with E-state index in [4.69, 9.17) is 0 Å². The molecule has 0 saturated carbocycles. The van der Waals surface area contributed by atoms with E-state index < -0.39 is 0 Å². The van der Waals surface area contributed by atoms with Gasteiger partial charge < -0.3 is 5.32 Å². The minimum absolute atomic E-state index is 0.0179. The number of hydrogen-bond acceptors (Lipinski definition) is 3. The van der Waals surface area contributed by atoms with Crippen molar-refractivity contribution in [2.75, 3.05) is 0 Å². The lowest BCUT2D eigenvalue weighted by atomic mass is 10.2. The van der Waals surface area contributed by atoms with Crippen LogP contribution in [0, 0.1) is 0 Å². The fourth-order valence-electron chi connectivity index (χ4n) is 2.10. The number of benzene rings is 1. The SMILES string of the molecule is CC(C)NC(=O)Cn1c(=O)c2ccccc2c(=O)n1C. The lowest BCUT2D eigenvalue weighted by Crippen LogP contribution is -2.42. The third kappa shape index (κ3) is 2.49. The minimum Gasteiger partial charge on any atom is -0.352 e. The van der Waals surface area contributed by atoms with Gasteiger partial charge in [-0.2, -0.15) is 0 Å². The molecule has 1 N–H and O–H groups in total. The Morgan fingerprint density at radius 2 is 1.70 bits per heavy atom. The van der Waals surface area contributed by atoms with Gasteiger partial charge in [0.05, 0.1) is 10.8 Å². The van der Waals surface area contributed by atoms with Gasteiger partial charge in [0.25, 0.3) is 11.1 Å². The Bertz CT molecular complexity index is 771. The van der Waals surface area contributed by atoms with E-state index in [2.05, 4.69) is 5.32 Å². The minimum atomic E-state index is -0.346. The van der Waals surface area contributed by atoms with Crippen LogP contribution in [0.3, 0.4) is 0 Å². The molecule has 0 spiro atoms. The summed E-state index contributed by atoms with van der Waals surface area (Å²) in [5.74, 6) is -0.299. The van der Waals surface area contributed by atoms with Gasteiger partial charge in [0.1, 0.15) is 6.54 Å². The predicted octanol–water partition coefficient (Wildman–Crippen LogP) is 0.225. The maximum Gasteiger partial charge on any atom is 0.273 e. The fraction of sp³-hybridized carbons (Fsp3) is 0.357. The summed E-state index contributed by atoms with van der Waals surface area (Å²) in [6.07, 6.45) is 0. The molecule has 2 rings (SSSR count). The van der Waals surface area contributed by atoms with E-state index in [1.807, 2.05) is 13.8 Å². The van der Waals surface area contributed by atoms with Gasteiger partial charge in [-0.3, -0.25) is 14.4 Å². The van der Waals surface area contributed by atoms with Crippen LogP contribution in [-0.4, -0.2) is 21.3 Å². The standard InChI is InChI=1S/C14H17N3O3/c1-9(2)15-12(18)8-17-14(20)11-7-5-4-6-10(11)13(19)16(17)3/h4-7,9H,8H2,1-3H3,(H,15,18). The molecule has 0 radical (unpaired) electrons. The number of aromatic nitrogens is 2. The zero-order valence-electron chi connectivity index (χ0n) is 11.7. The molecule has 6 nitrogen and oxygen atoms in total. The second-order valence-corrected chi connectivity index (χ2v) is 4.96. The molecule has 6 heteroatoms. The Kier molecular flexibility index (Phi) is 3.74. The van der Waals surface area contributed by atoms with E-state index in [-0.39, 0.29) is 29.6 Å². The molecule has 1 aromatic heterocycles. The maximum atomic E-state index is 12.3. The van der Waals surface area contributed by atoms with E-state index in [0.29, 0.717) is 10.8 Å². The average Bonchev–Trinajstić information content (AvgIpc) is 2.40. The van der Waals surface area contributed by atoms with E-state index in [0.717, 1.165) is 4.68 Å². The van der Waals surface area contributed by atoms with Crippen LogP contribution in [0.4, 0.5) is 0 Å². The molecule has 0 aliphatic heterocycles. The molecule has 0 aliphatic carbocycles. The lowest BCUT2D eigenvalue weighted by molar-refractivity contribution is -0.122. The van der Waals surface area contributed by atoms with Crippen LogP contribution < -0.4 is 16.4 Å². The number of nitrogens with zero attached hydrogens (tertiary/aromatic N) is 2. The van der Waals surface area contributed by atoms with Crippen molar-refractivity contribution in [3.63, 3.8) is 0 Å². The van der Waals surface area contributed by atoms with E-state index >= 15 is 0 Å². The first kappa shape index (κ1) is 14.0. The van der Waals surface area contributed by atoms with E-state index in [1.54, 1.807) is 24.3 Å². The van der Waals surface area contributed by atoms with Crippen LogP contribution in [0.25, 0.3) is 10.8 Å². The highest BCUT2D eigenvalue weighted by Gasteiger charge is 2.13. The summed E-state index contributed by atoms with van der Waals surface area (Å²) in [5.41, 5.74) is -0.640. The molecular formula is C14H17N3O3. The number of amides is 1. The van der Waals surface area contributed by atoms with Crippen LogP contribution in [0.1, 0.15) is 13.8 Å². The molecule has 2 aromatic rings. The second-order valence-electron chi connectivity index (χ2n) is 4.96. The summed E-state index contributed by atoms with van der Waals surface area (Å²) in [5, 5.41) is 3.39. The van der Waals surface area contributed by atoms with Crippen LogP contribution in [0.15, 0.2) is 33.9 Å². The Balaban J connectivity index is 2.57. The van der Waals surface area contributed by atoms with Gasteiger partial charge in [-0.05, 0) is 26.0 Å². The van der Waals surface area contributed by atoms with Crippen molar-refractivity contribution >= 4 is 16.7 Å². The highest BCUT2D eigenvalue weighted by Crippen LogP contribution is 2.03. The van der Waals surface area contributed by atoms with Crippen molar-refractivity contribution in [2.45, 2.75) is 26.4 Å². The van der Waals surface area contributed by atoms with Crippen molar-refractivity contribution in [3.05, 3.63) is 45.0 Å². The lowest BCUT2D eigenvalue weighted by Gasteiger charge is -2.14. The molecule has 0 fully saturated rings. The molecule has 0 saturated heterocycles. The number of hydrogen-bond donors (Lipinski definition) is 1. The summed E-state index contributed by atoms with van der Waals surface area (Å²) in [7, 11) is 1.48. The molecular weight excluding hydrogens is 258 g/mol. The Labute approximate surface area is 115 Å². The van der Waals surface area contributed by atoms with Gasteiger partial charge in [0, 0.05) is 13.1 Å².